The highest BCUT2D eigenvalue weighted by molar-refractivity contribution is 9.09. The molecule has 1 aliphatic heterocycles. The number of carbonyl (C=O) groups is 1. The van der Waals surface area contributed by atoms with Crippen LogP contribution in [0.2, 0.25) is 0 Å². The van der Waals surface area contributed by atoms with Crippen molar-refractivity contribution >= 4 is 21.8 Å². The van der Waals surface area contributed by atoms with Gasteiger partial charge in [0.1, 0.15) is 5.69 Å². The topological polar surface area (TPSA) is 42.4 Å². The molecule has 0 aliphatic carbocycles. The minimum absolute atomic E-state index is 0.00537. The van der Waals surface area contributed by atoms with Crippen LogP contribution in [0.15, 0.2) is 18.3 Å². The summed E-state index contributed by atoms with van der Waals surface area (Å²) < 4.78 is 5.72. The summed E-state index contributed by atoms with van der Waals surface area (Å²) in [6.07, 6.45) is 1.78. The van der Waals surface area contributed by atoms with Crippen LogP contribution >= 0.6 is 15.9 Å². The molecule has 2 unspecified atom stereocenters. The number of hydrogen-bond acceptors (Lipinski definition) is 3. The average molecular weight is 313 g/mol. The van der Waals surface area contributed by atoms with Crippen LogP contribution in [0.1, 0.15) is 23.0 Å². The lowest BCUT2D eigenvalue weighted by atomic mass is 10.1. The summed E-state index contributed by atoms with van der Waals surface area (Å²) in [6, 6.07) is 3.75. The molecule has 1 aliphatic rings. The lowest BCUT2D eigenvalue weighted by molar-refractivity contribution is -0.0561. The summed E-state index contributed by atoms with van der Waals surface area (Å²) in [7, 11) is 0. The van der Waals surface area contributed by atoms with E-state index < -0.39 is 0 Å². The van der Waals surface area contributed by atoms with Gasteiger partial charge >= 0.3 is 0 Å². The van der Waals surface area contributed by atoms with Gasteiger partial charge in [-0.15, -0.1) is 0 Å². The van der Waals surface area contributed by atoms with Crippen molar-refractivity contribution in [2.24, 2.45) is 0 Å². The average Bonchev–Trinajstić information content (AvgIpc) is 2.37. The molecule has 5 heteroatoms. The molecule has 4 nitrogen and oxygen atoms in total. The highest BCUT2D eigenvalue weighted by Gasteiger charge is 2.29. The molecule has 98 valence electrons. The standard InChI is InChI=1S/C13H17BrN2O2/c1-9-4-3-5-15-12(9)13(17)16-7-10(2)18-11(6-14)8-16/h3-5,10-11H,6-8H2,1-2H3. The summed E-state index contributed by atoms with van der Waals surface area (Å²) in [5.74, 6) is -0.00537. The molecule has 1 amide bonds. The van der Waals surface area contributed by atoms with Crippen molar-refractivity contribution in [1.29, 1.82) is 0 Å². The van der Waals surface area contributed by atoms with Gasteiger partial charge in [-0.3, -0.25) is 9.78 Å². The van der Waals surface area contributed by atoms with E-state index in [2.05, 4.69) is 20.9 Å². The summed E-state index contributed by atoms with van der Waals surface area (Å²) in [5.41, 5.74) is 1.46. The maximum atomic E-state index is 12.4. The molecule has 0 spiro atoms. The molecule has 0 saturated carbocycles. The number of morpholine rings is 1. The van der Waals surface area contributed by atoms with Gasteiger partial charge in [0.15, 0.2) is 0 Å². The fourth-order valence-electron chi connectivity index (χ4n) is 2.16. The Morgan fingerprint density at radius 2 is 2.39 bits per heavy atom. The van der Waals surface area contributed by atoms with Crippen molar-refractivity contribution in [2.45, 2.75) is 26.1 Å². The van der Waals surface area contributed by atoms with Crippen molar-refractivity contribution in [3.63, 3.8) is 0 Å². The molecule has 0 bridgehead atoms. The maximum absolute atomic E-state index is 12.4. The number of alkyl halides is 1. The van der Waals surface area contributed by atoms with E-state index in [1.54, 1.807) is 6.20 Å². The Balaban J connectivity index is 2.16. The Bertz CT molecular complexity index is 439. The molecule has 1 fully saturated rings. The predicted molar refractivity (Wildman–Crippen MR) is 73.0 cm³/mol. The molecule has 2 heterocycles. The normalized spacial score (nSPS) is 24.1. The van der Waals surface area contributed by atoms with E-state index in [0.717, 1.165) is 10.9 Å². The molecule has 0 N–H and O–H groups in total. The SMILES string of the molecule is Cc1cccnc1C(=O)N1CC(C)OC(CBr)C1. The third kappa shape index (κ3) is 2.90. The smallest absolute Gasteiger partial charge is 0.272 e. The highest BCUT2D eigenvalue weighted by atomic mass is 79.9. The van der Waals surface area contributed by atoms with Gasteiger partial charge in [-0.25, -0.2) is 0 Å². The van der Waals surface area contributed by atoms with Gasteiger partial charge in [-0.2, -0.15) is 0 Å². The fourth-order valence-corrected chi connectivity index (χ4v) is 2.51. The van der Waals surface area contributed by atoms with Crippen LogP contribution in [-0.2, 0) is 4.74 Å². The molecular formula is C13H17BrN2O2. The lowest BCUT2D eigenvalue weighted by Crippen LogP contribution is -2.50. The van der Waals surface area contributed by atoms with Crippen LogP contribution in [0.3, 0.4) is 0 Å². The number of rotatable bonds is 2. The van der Waals surface area contributed by atoms with Gasteiger partial charge in [0.25, 0.3) is 5.91 Å². The van der Waals surface area contributed by atoms with Gasteiger partial charge in [-0.1, -0.05) is 22.0 Å². The first-order chi connectivity index (χ1) is 8.61. The Morgan fingerprint density at radius 1 is 1.61 bits per heavy atom. The third-order valence-electron chi connectivity index (χ3n) is 3.00. The molecule has 0 radical (unpaired) electrons. The van der Waals surface area contributed by atoms with E-state index in [1.807, 2.05) is 30.9 Å². The van der Waals surface area contributed by atoms with Gasteiger partial charge in [-0.05, 0) is 25.5 Å². The molecule has 18 heavy (non-hydrogen) atoms. The number of nitrogens with zero attached hydrogens (tertiary/aromatic N) is 2. The zero-order chi connectivity index (χ0) is 13.1. The third-order valence-corrected chi connectivity index (χ3v) is 3.72. The summed E-state index contributed by atoms with van der Waals surface area (Å²) >= 11 is 3.41. The number of pyridine rings is 1. The quantitative estimate of drug-likeness (QED) is 0.785. The minimum atomic E-state index is -0.00537. The van der Waals surface area contributed by atoms with Gasteiger partial charge < -0.3 is 9.64 Å². The molecule has 2 atom stereocenters. The largest absolute Gasteiger partial charge is 0.371 e. The fraction of sp³-hybridized carbons (Fsp3) is 0.538. The number of aromatic nitrogens is 1. The van der Waals surface area contributed by atoms with Gasteiger partial charge in [0.05, 0.1) is 12.2 Å². The monoisotopic (exact) mass is 312 g/mol. The first-order valence-electron chi connectivity index (χ1n) is 6.04. The molecule has 1 aromatic rings. The Morgan fingerprint density at radius 3 is 3.06 bits per heavy atom. The van der Waals surface area contributed by atoms with Crippen molar-refractivity contribution < 1.29 is 9.53 Å². The Hall–Kier alpha value is -0.940. The summed E-state index contributed by atoms with van der Waals surface area (Å²) in [5, 5.41) is 0.738. The number of carbonyl (C=O) groups excluding carboxylic acids is 1. The highest BCUT2D eigenvalue weighted by Crippen LogP contribution is 2.16. The molecular weight excluding hydrogens is 296 g/mol. The number of amides is 1. The van der Waals surface area contributed by atoms with E-state index in [-0.39, 0.29) is 18.1 Å². The number of aryl methyl sites for hydroxylation is 1. The second kappa shape index (κ2) is 5.80. The van der Waals surface area contributed by atoms with Crippen LogP contribution < -0.4 is 0 Å². The van der Waals surface area contributed by atoms with E-state index in [4.69, 9.17) is 4.74 Å². The van der Waals surface area contributed by atoms with Crippen LogP contribution in [-0.4, -0.2) is 46.4 Å². The predicted octanol–water partition coefficient (Wildman–Crippen LogP) is 2.01. The molecule has 1 saturated heterocycles. The number of halogens is 1. The van der Waals surface area contributed by atoms with Crippen molar-refractivity contribution in [2.75, 3.05) is 18.4 Å². The van der Waals surface area contributed by atoms with Crippen LogP contribution in [0, 0.1) is 6.92 Å². The maximum Gasteiger partial charge on any atom is 0.272 e. The van der Waals surface area contributed by atoms with Gasteiger partial charge in [0.2, 0.25) is 0 Å². The number of hydrogen-bond donors (Lipinski definition) is 0. The summed E-state index contributed by atoms with van der Waals surface area (Å²) in [4.78, 5) is 18.4. The van der Waals surface area contributed by atoms with Crippen molar-refractivity contribution in [3.05, 3.63) is 29.6 Å². The van der Waals surface area contributed by atoms with E-state index >= 15 is 0 Å². The van der Waals surface area contributed by atoms with Gasteiger partial charge in [0, 0.05) is 24.6 Å². The summed E-state index contributed by atoms with van der Waals surface area (Å²) in [6.45, 7) is 5.13. The Labute approximate surface area is 115 Å². The zero-order valence-electron chi connectivity index (χ0n) is 10.6. The molecule has 1 aromatic heterocycles. The second-order valence-electron chi connectivity index (χ2n) is 4.60. The Kier molecular flexibility index (Phi) is 4.35. The zero-order valence-corrected chi connectivity index (χ0v) is 12.2. The first-order valence-corrected chi connectivity index (χ1v) is 7.16. The second-order valence-corrected chi connectivity index (χ2v) is 5.25. The first kappa shape index (κ1) is 13.5. The molecule has 2 rings (SSSR count). The van der Waals surface area contributed by atoms with Crippen LogP contribution in [0.4, 0.5) is 0 Å². The lowest BCUT2D eigenvalue weighted by Gasteiger charge is -2.36. The van der Waals surface area contributed by atoms with Crippen LogP contribution in [0.5, 0.6) is 0 Å². The minimum Gasteiger partial charge on any atom is -0.371 e. The van der Waals surface area contributed by atoms with Crippen LogP contribution in [0.25, 0.3) is 0 Å². The molecule has 0 aromatic carbocycles. The number of ether oxygens (including phenoxy) is 1. The van der Waals surface area contributed by atoms with Crippen molar-refractivity contribution in [1.82, 2.24) is 9.88 Å². The van der Waals surface area contributed by atoms with E-state index in [1.165, 1.54) is 0 Å². The van der Waals surface area contributed by atoms with Crippen molar-refractivity contribution in [3.8, 4) is 0 Å². The van der Waals surface area contributed by atoms with E-state index in [0.29, 0.717) is 18.8 Å². The van der Waals surface area contributed by atoms with E-state index in [9.17, 15) is 4.79 Å².